The van der Waals surface area contributed by atoms with Gasteiger partial charge in [-0.3, -0.25) is 0 Å². The molecule has 0 saturated carbocycles. The fourth-order valence-electron chi connectivity index (χ4n) is 0.628. The summed E-state index contributed by atoms with van der Waals surface area (Å²) in [5, 5.41) is 8.43. The van der Waals surface area contributed by atoms with Crippen LogP contribution in [0.1, 0.15) is 6.42 Å². The van der Waals surface area contributed by atoms with E-state index in [1.165, 1.54) is 0 Å². The maximum absolute atomic E-state index is 8.43. The molecule has 0 heterocycles. The molecule has 0 aromatic rings. The first-order chi connectivity index (χ1) is 3.93. The van der Waals surface area contributed by atoms with Gasteiger partial charge in [0.15, 0.2) is 0 Å². The predicted molar refractivity (Wildman–Crippen MR) is 33.6 cm³/mol. The minimum atomic E-state index is 0.872. The van der Waals surface area contributed by atoms with E-state index in [4.69, 9.17) is 5.11 Å². The van der Waals surface area contributed by atoms with Gasteiger partial charge in [-0.25, -0.2) is 0 Å². The summed E-state index contributed by atoms with van der Waals surface area (Å²) in [6.45, 7) is 0. The Kier molecular flexibility index (Phi) is 1.52. The van der Waals surface area contributed by atoms with Crippen molar-refractivity contribution in [2.75, 3.05) is 0 Å². The zero-order chi connectivity index (χ0) is 5.82. The van der Waals surface area contributed by atoms with Crippen LogP contribution in [0, 0.1) is 0 Å². The van der Waals surface area contributed by atoms with Crippen molar-refractivity contribution in [3.63, 3.8) is 0 Å². The van der Waals surface area contributed by atoms with Crippen molar-refractivity contribution < 1.29 is 5.11 Å². The molecule has 0 atom stereocenters. The van der Waals surface area contributed by atoms with Crippen molar-refractivity contribution in [1.29, 1.82) is 0 Å². The normalized spacial score (nSPS) is 16.8. The fourth-order valence-corrected chi connectivity index (χ4v) is 0.628. The van der Waals surface area contributed by atoms with Crippen molar-refractivity contribution in [2.24, 2.45) is 0 Å². The topological polar surface area (TPSA) is 20.2 Å². The smallest absolute Gasteiger partial charge is 0.0863 e. The fraction of sp³-hybridized carbons (Fsp3) is 0.143. The van der Waals surface area contributed by atoms with E-state index in [2.05, 4.69) is 0 Å². The zero-order valence-electron chi connectivity index (χ0n) is 4.54. The van der Waals surface area contributed by atoms with Crippen LogP contribution in [0.4, 0.5) is 0 Å². The Hall–Kier alpha value is -0.980. The van der Waals surface area contributed by atoms with E-state index in [0.29, 0.717) is 0 Å². The minimum absolute atomic E-state index is 0.872. The lowest BCUT2D eigenvalue weighted by Crippen LogP contribution is -1.76. The Bertz CT molecular complexity index is 138. The lowest BCUT2D eigenvalue weighted by atomic mass is 10.1. The van der Waals surface area contributed by atoms with E-state index in [-0.39, 0.29) is 0 Å². The molecule has 0 unspecified atom stereocenters. The molecule has 0 amide bonds. The lowest BCUT2D eigenvalue weighted by molar-refractivity contribution is 0.470. The molecule has 0 aromatic carbocycles. The Morgan fingerprint density at radius 3 is 2.38 bits per heavy atom. The van der Waals surface area contributed by atoms with E-state index in [1.807, 2.05) is 24.3 Å². The third-order valence-electron chi connectivity index (χ3n) is 1.04. The van der Waals surface area contributed by atoms with Gasteiger partial charge >= 0.3 is 0 Å². The second-order valence-electron chi connectivity index (χ2n) is 1.67. The maximum Gasteiger partial charge on any atom is 0.0863 e. The van der Waals surface area contributed by atoms with E-state index in [9.17, 15) is 0 Å². The molecule has 1 heteroatoms. The molecule has 0 saturated heterocycles. The number of rotatable bonds is 0. The van der Waals surface area contributed by atoms with Gasteiger partial charge in [0.25, 0.3) is 0 Å². The van der Waals surface area contributed by atoms with E-state index < -0.39 is 0 Å². The molecule has 8 heavy (non-hydrogen) atoms. The molecule has 42 valence electrons. The van der Waals surface area contributed by atoms with Crippen LogP contribution in [0.3, 0.4) is 0 Å². The summed E-state index contributed by atoms with van der Waals surface area (Å²) >= 11 is 0. The Morgan fingerprint density at radius 1 is 1.38 bits per heavy atom. The summed E-state index contributed by atoms with van der Waals surface area (Å²) in [6, 6.07) is 0. The molecule has 0 bridgehead atoms. The van der Waals surface area contributed by atoms with Crippen LogP contribution < -0.4 is 0 Å². The van der Waals surface area contributed by atoms with Crippen molar-refractivity contribution in [3.05, 3.63) is 36.1 Å². The maximum atomic E-state index is 8.43. The molecule has 1 aliphatic rings. The number of allylic oxidation sites excluding steroid dienone is 5. The number of aliphatic hydroxyl groups excluding tert-OH is 1. The monoisotopic (exact) mass is 108 g/mol. The minimum Gasteiger partial charge on any atom is -0.515 e. The van der Waals surface area contributed by atoms with Crippen LogP contribution >= 0.6 is 0 Å². The Balaban J connectivity index is 2.69. The molecule has 1 nitrogen and oxygen atoms in total. The summed E-state index contributed by atoms with van der Waals surface area (Å²) in [6.07, 6.45) is 9.87. The van der Waals surface area contributed by atoms with Gasteiger partial charge in [-0.1, -0.05) is 24.3 Å². The average Bonchev–Trinajstić information content (AvgIpc) is 1.90. The van der Waals surface area contributed by atoms with Gasteiger partial charge in [-0.2, -0.15) is 0 Å². The van der Waals surface area contributed by atoms with Gasteiger partial charge in [0, 0.05) is 5.57 Å². The number of hydrogen-bond acceptors (Lipinski definition) is 1. The highest BCUT2D eigenvalue weighted by Gasteiger charge is 1.87. The van der Waals surface area contributed by atoms with Crippen molar-refractivity contribution in [3.8, 4) is 0 Å². The molecule has 0 spiro atoms. The summed E-state index contributed by atoms with van der Waals surface area (Å²) in [5.41, 5.74) is 0.872. The van der Waals surface area contributed by atoms with Crippen LogP contribution in [0.15, 0.2) is 36.1 Å². The van der Waals surface area contributed by atoms with Crippen molar-refractivity contribution in [1.82, 2.24) is 0 Å². The van der Waals surface area contributed by atoms with E-state index in [0.717, 1.165) is 18.3 Å². The highest BCUT2D eigenvalue weighted by atomic mass is 16.2. The molecule has 0 radical (unpaired) electrons. The van der Waals surface area contributed by atoms with Crippen molar-refractivity contribution >= 4 is 0 Å². The van der Waals surface area contributed by atoms with Gasteiger partial charge in [-0.05, 0) is 6.42 Å². The number of aliphatic hydroxyl groups is 1. The SMILES string of the molecule is OC=C1C=CCC=C1. The second kappa shape index (κ2) is 2.36. The Morgan fingerprint density at radius 2 is 2.00 bits per heavy atom. The molecular weight excluding hydrogens is 100 g/mol. The summed E-state index contributed by atoms with van der Waals surface area (Å²) < 4.78 is 0. The lowest BCUT2D eigenvalue weighted by Gasteiger charge is -1.94. The zero-order valence-corrected chi connectivity index (χ0v) is 4.54. The first-order valence-corrected chi connectivity index (χ1v) is 2.61. The third kappa shape index (κ3) is 0.997. The van der Waals surface area contributed by atoms with Crippen LogP contribution in [0.25, 0.3) is 0 Å². The molecule has 0 fully saturated rings. The van der Waals surface area contributed by atoms with Crippen LogP contribution in [0.5, 0.6) is 0 Å². The highest BCUT2D eigenvalue weighted by molar-refractivity contribution is 5.32. The highest BCUT2D eigenvalue weighted by Crippen LogP contribution is 2.05. The standard InChI is InChI=1S/C7H8O/c8-6-7-4-2-1-3-5-7/h2-6,8H,1H2. The number of hydrogen-bond donors (Lipinski definition) is 1. The molecule has 1 rings (SSSR count). The van der Waals surface area contributed by atoms with Crippen molar-refractivity contribution in [2.45, 2.75) is 6.42 Å². The first kappa shape index (κ1) is 5.16. The van der Waals surface area contributed by atoms with Crippen LogP contribution in [-0.4, -0.2) is 5.11 Å². The third-order valence-corrected chi connectivity index (χ3v) is 1.04. The molecule has 0 aromatic heterocycles. The summed E-state index contributed by atoms with van der Waals surface area (Å²) in [4.78, 5) is 0. The van der Waals surface area contributed by atoms with E-state index in [1.54, 1.807) is 0 Å². The summed E-state index contributed by atoms with van der Waals surface area (Å²) in [5.74, 6) is 0. The summed E-state index contributed by atoms with van der Waals surface area (Å²) in [7, 11) is 0. The second-order valence-corrected chi connectivity index (χ2v) is 1.67. The van der Waals surface area contributed by atoms with E-state index >= 15 is 0 Å². The molecule has 1 N–H and O–H groups in total. The quantitative estimate of drug-likeness (QED) is 0.470. The largest absolute Gasteiger partial charge is 0.515 e. The van der Waals surface area contributed by atoms with Gasteiger partial charge in [0.1, 0.15) is 0 Å². The van der Waals surface area contributed by atoms with Gasteiger partial charge in [0.05, 0.1) is 6.26 Å². The van der Waals surface area contributed by atoms with Gasteiger partial charge in [-0.15, -0.1) is 0 Å². The van der Waals surface area contributed by atoms with Gasteiger partial charge in [0.2, 0.25) is 0 Å². The average molecular weight is 108 g/mol. The predicted octanol–water partition coefficient (Wildman–Crippen LogP) is 1.94. The molecule has 1 aliphatic carbocycles. The van der Waals surface area contributed by atoms with Crippen LogP contribution in [0.2, 0.25) is 0 Å². The molecular formula is C7H8O. The molecule has 0 aliphatic heterocycles. The van der Waals surface area contributed by atoms with Crippen LogP contribution in [-0.2, 0) is 0 Å². The Labute approximate surface area is 48.6 Å². The first-order valence-electron chi connectivity index (χ1n) is 2.61. The van der Waals surface area contributed by atoms with Gasteiger partial charge < -0.3 is 5.11 Å².